The van der Waals surface area contributed by atoms with Gasteiger partial charge < -0.3 is 9.47 Å². The molecule has 1 heterocycles. The molecule has 0 unspecified atom stereocenters. The number of tetrazole rings is 1. The average Bonchev–Trinajstić information content (AvgIpc) is 3.19. The summed E-state index contributed by atoms with van der Waals surface area (Å²) < 4.78 is 12.0. The molecule has 0 aliphatic carbocycles. The van der Waals surface area contributed by atoms with E-state index in [1.165, 1.54) is 18.9 Å². The number of methoxy groups -OCH3 is 1. The molecule has 0 saturated carbocycles. The highest BCUT2D eigenvalue weighted by Crippen LogP contribution is 2.20. The molecule has 8 heteroatoms. The molecule has 142 valence electrons. The number of ether oxygens (including phenoxy) is 2. The Bertz CT molecular complexity index is 1020. The Morgan fingerprint density at radius 2 is 1.93 bits per heavy atom. The smallest absolute Gasteiger partial charge is 0.342 e. The molecule has 28 heavy (non-hydrogen) atoms. The van der Waals surface area contributed by atoms with E-state index in [-0.39, 0.29) is 6.61 Å². The van der Waals surface area contributed by atoms with Gasteiger partial charge in [-0.25, -0.2) is 4.79 Å². The monoisotopic (exact) mass is 394 g/mol. The number of hydrogen-bond acceptors (Lipinski definition) is 7. The molecule has 0 saturated heterocycles. The van der Waals surface area contributed by atoms with Crippen LogP contribution in [-0.4, -0.2) is 45.6 Å². The molecule has 0 aliphatic rings. The van der Waals surface area contributed by atoms with Gasteiger partial charge in [0, 0.05) is 0 Å². The summed E-state index contributed by atoms with van der Waals surface area (Å²) in [5, 5.41) is 12.5. The predicted molar refractivity (Wildman–Crippen MR) is 106 cm³/mol. The molecule has 2 aromatic carbocycles. The van der Waals surface area contributed by atoms with Crippen molar-refractivity contribution in [1.29, 1.82) is 0 Å². The van der Waals surface area contributed by atoms with Crippen molar-refractivity contribution in [3.8, 4) is 23.3 Å². The summed E-state index contributed by atoms with van der Waals surface area (Å²) in [4.78, 5) is 12.1. The van der Waals surface area contributed by atoms with Crippen LogP contribution in [0.1, 0.15) is 15.9 Å². The highest BCUT2D eigenvalue weighted by molar-refractivity contribution is 7.99. The Labute approximate surface area is 167 Å². The minimum atomic E-state index is -0.470. The standard InChI is InChI=1S/C20H18N4O3S/c1-15-9-3-5-11-17(15)24-20(21-22-23-24)28-14-8-7-13-27-19(25)16-10-4-6-12-18(16)26-2/h3-6,9-12H,13-14H2,1-2H3. The molecular formula is C20H18N4O3S. The van der Waals surface area contributed by atoms with Crippen LogP contribution in [0.25, 0.3) is 5.69 Å². The summed E-state index contributed by atoms with van der Waals surface area (Å²) in [5.74, 6) is 6.24. The molecule has 3 aromatic rings. The minimum absolute atomic E-state index is 0.000174. The lowest BCUT2D eigenvalue weighted by Gasteiger charge is -2.06. The van der Waals surface area contributed by atoms with Gasteiger partial charge in [-0.15, -0.1) is 5.10 Å². The molecular weight excluding hydrogens is 376 g/mol. The van der Waals surface area contributed by atoms with Crippen LogP contribution in [0.4, 0.5) is 0 Å². The van der Waals surface area contributed by atoms with E-state index in [0.717, 1.165) is 11.3 Å². The summed E-state index contributed by atoms with van der Waals surface area (Å²) in [6.45, 7) is 2.00. The minimum Gasteiger partial charge on any atom is -0.496 e. The first kappa shape index (κ1) is 19.5. The summed E-state index contributed by atoms with van der Waals surface area (Å²) in [6.07, 6.45) is 0. The summed E-state index contributed by atoms with van der Waals surface area (Å²) in [5.41, 5.74) is 2.37. The van der Waals surface area contributed by atoms with E-state index in [2.05, 4.69) is 27.4 Å². The molecule has 7 nitrogen and oxygen atoms in total. The van der Waals surface area contributed by atoms with Gasteiger partial charge in [-0.3, -0.25) is 0 Å². The van der Waals surface area contributed by atoms with Crippen LogP contribution in [0.5, 0.6) is 5.75 Å². The highest BCUT2D eigenvalue weighted by Gasteiger charge is 2.12. The van der Waals surface area contributed by atoms with Crippen molar-refractivity contribution in [2.75, 3.05) is 19.5 Å². The lowest BCUT2D eigenvalue weighted by Crippen LogP contribution is -2.07. The van der Waals surface area contributed by atoms with Gasteiger partial charge in [0.15, 0.2) is 6.61 Å². The molecule has 0 spiro atoms. The molecule has 1 aromatic heterocycles. The van der Waals surface area contributed by atoms with Crippen molar-refractivity contribution in [2.45, 2.75) is 12.1 Å². The maximum absolute atomic E-state index is 12.1. The Morgan fingerprint density at radius 3 is 2.75 bits per heavy atom. The topological polar surface area (TPSA) is 79.1 Å². The predicted octanol–water partition coefficient (Wildman–Crippen LogP) is 2.93. The van der Waals surface area contributed by atoms with E-state index >= 15 is 0 Å². The molecule has 0 radical (unpaired) electrons. The Balaban J connectivity index is 1.52. The van der Waals surface area contributed by atoms with Crippen LogP contribution in [0.3, 0.4) is 0 Å². The van der Waals surface area contributed by atoms with E-state index in [4.69, 9.17) is 9.47 Å². The molecule has 0 atom stereocenters. The molecule has 0 bridgehead atoms. The second kappa shape index (κ2) is 9.58. The number of para-hydroxylation sites is 2. The summed E-state index contributed by atoms with van der Waals surface area (Å²) in [7, 11) is 1.51. The Hall–Kier alpha value is -3.31. The van der Waals surface area contributed by atoms with Gasteiger partial charge in [0.2, 0.25) is 5.16 Å². The Kier molecular flexibility index (Phi) is 6.65. The number of aromatic nitrogens is 4. The van der Waals surface area contributed by atoms with Gasteiger partial charge in [0.05, 0.1) is 18.6 Å². The van der Waals surface area contributed by atoms with Gasteiger partial charge in [-0.05, 0) is 41.1 Å². The summed E-state index contributed by atoms with van der Waals surface area (Å²) >= 11 is 1.41. The first-order chi connectivity index (χ1) is 13.7. The first-order valence-electron chi connectivity index (χ1n) is 8.43. The number of carbonyl (C=O) groups is 1. The van der Waals surface area contributed by atoms with Crippen LogP contribution < -0.4 is 4.74 Å². The fourth-order valence-corrected chi connectivity index (χ4v) is 3.07. The van der Waals surface area contributed by atoms with Crippen molar-refractivity contribution in [1.82, 2.24) is 20.2 Å². The van der Waals surface area contributed by atoms with Gasteiger partial charge in [-0.2, -0.15) is 4.68 Å². The third-order valence-electron chi connectivity index (χ3n) is 3.79. The van der Waals surface area contributed by atoms with Crippen molar-refractivity contribution >= 4 is 17.7 Å². The van der Waals surface area contributed by atoms with Gasteiger partial charge in [-0.1, -0.05) is 53.9 Å². The number of rotatable bonds is 6. The van der Waals surface area contributed by atoms with Crippen molar-refractivity contribution in [3.63, 3.8) is 0 Å². The molecule has 3 rings (SSSR count). The number of aryl methyl sites for hydroxylation is 1. The Morgan fingerprint density at radius 1 is 1.14 bits per heavy atom. The van der Waals surface area contributed by atoms with Gasteiger partial charge >= 0.3 is 5.97 Å². The van der Waals surface area contributed by atoms with Crippen molar-refractivity contribution in [3.05, 3.63) is 59.7 Å². The largest absolute Gasteiger partial charge is 0.496 e. The second-order valence-corrected chi connectivity index (χ2v) is 6.52. The zero-order valence-corrected chi connectivity index (χ0v) is 16.3. The maximum Gasteiger partial charge on any atom is 0.342 e. The third kappa shape index (κ3) is 4.69. The molecule has 0 N–H and O–H groups in total. The number of carbonyl (C=O) groups excluding carboxylic acids is 1. The zero-order chi connectivity index (χ0) is 19.8. The quantitative estimate of drug-likeness (QED) is 0.361. The number of benzene rings is 2. The first-order valence-corrected chi connectivity index (χ1v) is 9.42. The number of esters is 1. The van der Waals surface area contributed by atoms with Crippen LogP contribution in [0.2, 0.25) is 0 Å². The lowest BCUT2D eigenvalue weighted by molar-refractivity contribution is 0.0553. The maximum atomic E-state index is 12.1. The fraction of sp³-hybridized carbons (Fsp3) is 0.200. The molecule has 0 fully saturated rings. The fourth-order valence-electron chi connectivity index (χ4n) is 2.42. The number of nitrogens with zero attached hydrogens (tertiary/aromatic N) is 4. The van der Waals surface area contributed by atoms with Crippen LogP contribution >= 0.6 is 11.8 Å². The van der Waals surface area contributed by atoms with Crippen LogP contribution in [-0.2, 0) is 4.74 Å². The second-order valence-electron chi connectivity index (χ2n) is 5.58. The third-order valence-corrected chi connectivity index (χ3v) is 4.59. The van der Waals surface area contributed by atoms with Gasteiger partial charge in [0.1, 0.15) is 11.3 Å². The highest BCUT2D eigenvalue weighted by atomic mass is 32.2. The van der Waals surface area contributed by atoms with Crippen LogP contribution in [0, 0.1) is 18.8 Å². The van der Waals surface area contributed by atoms with E-state index < -0.39 is 5.97 Å². The lowest BCUT2D eigenvalue weighted by atomic mass is 10.2. The van der Waals surface area contributed by atoms with Crippen LogP contribution in [0.15, 0.2) is 53.7 Å². The average molecular weight is 394 g/mol. The zero-order valence-electron chi connectivity index (χ0n) is 15.5. The molecule has 0 amide bonds. The summed E-state index contributed by atoms with van der Waals surface area (Å²) in [6, 6.07) is 14.8. The SMILES string of the molecule is COc1ccccc1C(=O)OCC#CCSc1nnnn1-c1ccccc1C. The van der Waals surface area contributed by atoms with E-state index in [1.54, 1.807) is 28.9 Å². The number of hydrogen-bond donors (Lipinski definition) is 0. The molecule has 0 aliphatic heterocycles. The van der Waals surface area contributed by atoms with E-state index in [9.17, 15) is 4.79 Å². The van der Waals surface area contributed by atoms with Crippen molar-refractivity contribution < 1.29 is 14.3 Å². The van der Waals surface area contributed by atoms with E-state index in [1.807, 2.05) is 31.2 Å². The number of thioether (sulfide) groups is 1. The van der Waals surface area contributed by atoms with E-state index in [0.29, 0.717) is 22.2 Å². The normalized spacial score (nSPS) is 10.1. The van der Waals surface area contributed by atoms with Crippen molar-refractivity contribution in [2.24, 2.45) is 0 Å². The van der Waals surface area contributed by atoms with Gasteiger partial charge in [0.25, 0.3) is 0 Å².